The predicted molar refractivity (Wildman–Crippen MR) is 88.9 cm³/mol. The molecule has 0 aromatic heterocycles. The second-order valence-corrected chi connectivity index (χ2v) is 4.84. The Morgan fingerprint density at radius 3 is 1.95 bits per heavy atom. The van der Waals surface area contributed by atoms with Crippen LogP contribution in [0.5, 0.6) is 11.5 Å². The summed E-state index contributed by atoms with van der Waals surface area (Å²) in [4.78, 5) is 11.1. The number of carbonyl (C=O) groups is 1. The van der Waals surface area contributed by atoms with Crippen LogP contribution in [0.1, 0.15) is 21.5 Å². The lowest BCUT2D eigenvalue weighted by Gasteiger charge is -2.04. The van der Waals surface area contributed by atoms with Gasteiger partial charge in [0.2, 0.25) is 0 Å². The van der Waals surface area contributed by atoms with Crippen LogP contribution in [0.2, 0.25) is 0 Å². The van der Waals surface area contributed by atoms with Gasteiger partial charge >= 0.3 is 0 Å². The summed E-state index contributed by atoms with van der Waals surface area (Å²) in [6.45, 7) is 3.97. The average molecular weight is 301 g/mol. The topological polar surface area (TPSA) is 47.6 Å². The molecule has 0 saturated carbocycles. The van der Waals surface area contributed by atoms with Crippen molar-refractivity contribution < 1.29 is 14.3 Å². The van der Waals surface area contributed by atoms with E-state index in [0.29, 0.717) is 5.56 Å². The maximum atomic E-state index is 11.1. The molecule has 0 bridgehead atoms. The Hall–Kier alpha value is -2.49. The quantitative estimate of drug-likeness (QED) is 0.945. The minimum Gasteiger partial charge on any atom is -0.497 e. The second-order valence-electron chi connectivity index (χ2n) is 4.84. The molecule has 1 N–H and O–H groups in total. The molecule has 0 aliphatic heterocycles. The van der Waals surface area contributed by atoms with Gasteiger partial charge in [0.05, 0.1) is 14.2 Å². The van der Waals surface area contributed by atoms with Crippen LogP contribution < -0.4 is 14.8 Å². The van der Waals surface area contributed by atoms with E-state index in [1.165, 1.54) is 0 Å². The number of nitrogens with one attached hydrogen (secondary N) is 1. The van der Waals surface area contributed by atoms with Crippen molar-refractivity contribution in [2.24, 2.45) is 0 Å². The van der Waals surface area contributed by atoms with Gasteiger partial charge in [0.15, 0.2) is 0 Å². The fourth-order valence-corrected chi connectivity index (χ4v) is 1.88. The summed E-state index contributed by atoms with van der Waals surface area (Å²) in [6.07, 6.45) is 0. The first kappa shape index (κ1) is 17.6. The molecule has 118 valence electrons. The van der Waals surface area contributed by atoms with Crippen molar-refractivity contribution in [3.05, 3.63) is 59.2 Å². The largest absolute Gasteiger partial charge is 0.497 e. The van der Waals surface area contributed by atoms with Crippen molar-refractivity contribution in [3.8, 4) is 11.5 Å². The van der Waals surface area contributed by atoms with E-state index in [0.717, 1.165) is 22.6 Å². The number of ether oxygens (including phenoxy) is 2. The van der Waals surface area contributed by atoms with Gasteiger partial charge in [-0.25, -0.2) is 0 Å². The fraction of sp³-hybridized carbons (Fsp3) is 0.278. The smallest absolute Gasteiger partial charge is 0.251 e. The number of aryl methyl sites for hydroxylation is 2. The van der Waals surface area contributed by atoms with Gasteiger partial charge in [-0.2, -0.15) is 0 Å². The zero-order valence-electron chi connectivity index (χ0n) is 13.8. The lowest BCUT2D eigenvalue weighted by atomic mass is 10.1. The molecule has 4 heteroatoms. The van der Waals surface area contributed by atoms with E-state index in [4.69, 9.17) is 9.47 Å². The predicted octanol–water partition coefficient (Wildman–Crippen LogP) is 3.37. The zero-order chi connectivity index (χ0) is 16.5. The highest BCUT2D eigenvalue weighted by atomic mass is 16.5. The van der Waals surface area contributed by atoms with Crippen LogP contribution in [0, 0.1) is 13.8 Å². The Morgan fingerprint density at radius 1 is 0.909 bits per heavy atom. The Bertz CT molecular complexity index is 601. The van der Waals surface area contributed by atoms with Crippen LogP contribution in [0.25, 0.3) is 0 Å². The molecule has 1 amide bonds. The normalized spacial score (nSPS) is 9.32. The number of amides is 1. The lowest BCUT2D eigenvalue weighted by molar-refractivity contribution is 0.0963. The third kappa shape index (κ3) is 5.48. The van der Waals surface area contributed by atoms with Gasteiger partial charge in [0.1, 0.15) is 11.5 Å². The monoisotopic (exact) mass is 301 g/mol. The van der Waals surface area contributed by atoms with Crippen molar-refractivity contribution in [3.63, 3.8) is 0 Å². The molecule has 2 aromatic carbocycles. The van der Waals surface area contributed by atoms with Gasteiger partial charge in [-0.1, -0.05) is 17.7 Å². The summed E-state index contributed by atoms with van der Waals surface area (Å²) in [5.74, 6) is 1.64. The van der Waals surface area contributed by atoms with E-state index in [1.54, 1.807) is 27.3 Å². The van der Waals surface area contributed by atoms with Crippen LogP contribution in [0.3, 0.4) is 0 Å². The Kier molecular flexibility index (Phi) is 6.96. The minimum absolute atomic E-state index is 0.0336. The molecule has 0 radical (unpaired) electrons. The zero-order valence-corrected chi connectivity index (χ0v) is 13.8. The summed E-state index contributed by atoms with van der Waals surface area (Å²) in [6, 6.07) is 13.3. The van der Waals surface area contributed by atoms with Crippen molar-refractivity contribution in [2.45, 2.75) is 13.8 Å². The van der Waals surface area contributed by atoms with Crippen LogP contribution in [-0.4, -0.2) is 27.2 Å². The van der Waals surface area contributed by atoms with Crippen LogP contribution in [0.4, 0.5) is 0 Å². The molecule has 22 heavy (non-hydrogen) atoms. The number of rotatable bonds is 3. The lowest BCUT2D eigenvalue weighted by Crippen LogP contribution is -2.17. The molecule has 0 fully saturated rings. The Morgan fingerprint density at radius 2 is 1.50 bits per heavy atom. The molecule has 2 rings (SSSR count). The van der Waals surface area contributed by atoms with E-state index in [1.807, 2.05) is 50.2 Å². The van der Waals surface area contributed by atoms with Gasteiger partial charge in [-0.15, -0.1) is 0 Å². The van der Waals surface area contributed by atoms with Crippen LogP contribution >= 0.6 is 0 Å². The molecule has 0 spiro atoms. The first-order valence-electron chi connectivity index (χ1n) is 6.98. The standard InChI is InChI=1S/C9H11NO.C9H12O2/c1-7-4-3-5-8(6-7)9(11)10-2;1-7-4-8(10-2)6-9(5-7)11-3/h3-6H,1-2H3,(H,10,11);4-6H,1-3H3. The molecule has 0 saturated heterocycles. The third-order valence-electron chi connectivity index (χ3n) is 3.00. The van der Waals surface area contributed by atoms with Crippen molar-refractivity contribution >= 4 is 5.91 Å². The minimum atomic E-state index is -0.0336. The van der Waals surface area contributed by atoms with E-state index >= 15 is 0 Å². The van der Waals surface area contributed by atoms with Gasteiger partial charge in [0.25, 0.3) is 5.91 Å². The maximum absolute atomic E-state index is 11.1. The van der Waals surface area contributed by atoms with Gasteiger partial charge < -0.3 is 14.8 Å². The summed E-state index contributed by atoms with van der Waals surface area (Å²) in [5, 5.41) is 2.57. The first-order chi connectivity index (χ1) is 10.5. The number of carbonyl (C=O) groups excluding carboxylic acids is 1. The molecule has 4 nitrogen and oxygen atoms in total. The third-order valence-corrected chi connectivity index (χ3v) is 3.00. The molecular weight excluding hydrogens is 278 g/mol. The molecule has 0 heterocycles. The van der Waals surface area contributed by atoms with Crippen molar-refractivity contribution in [1.82, 2.24) is 5.32 Å². The van der Waals surface area contributed by atoms with E-state index in [2.05, 4.69) is 5.32 Å². The SMILES string of the molecule is CNC(=O)c1cccc(C)c1.COc1cc(C)cc(OC)c1. The average Bonchev–Trinajstić information content (AvgIpc) is 2.54. The maximum Gasteiger partial charge on any atom is 0.251 e. The highest BCUT2D eigenvalue weighted by molar-refractivity contribution is 5.94. The number of methoxy groups -OCH3 is 2. The van der Waals surface area contributed by atoms with Crippen molar-refractivity contribution in [2.75, 3.05) is 21.3 Å². The number of hydrogen-bond donors (Lipinski definition) is 1. The Labute approximate surface area is 132 Å². The summed E-state index contributed by atoms with van der Waals surface area (Å²) >= 11 is 0. The molecule has 2 aromatic rings. The molecule has 0 aliphatic rings. The van der Waals surface area contributed by atoms with Crippen LogP contribution in [0.15, 0.2) is 42.5 Å². The molecule has 0 aliphatic carbocycles. The number of hydrogen-bond acceptors (Lipinski definition) is 3. The molecule has 0 atom stereocenters. The summed E-state index contributed by atoms with van der Waals surface area (Å²) in [5.41, 5.74) is 2.96. The first-order valence-corrected chi connectivity index (χ1v) is 6.98. The summed E-state index contributed by atoms with van der Waals surface area (Å²) < 4.78 is 10.1. The van der Waals surface area contributed by atoms with E-state index < -0.39 is 0 Å². The van der Waals surface area contributed by atoms with Crippen molar-refractivity contribution in [1.29, 1.82) is 0 Å². The van der Waals surface area contributed by atoms with Gasteiger partial charge in [-0.3, -0.25) is 4.79 Å². The second kappa shape index (κ2) is 8.72. The molecular formula is C18H23NO3. The summed E-state index contributed by atoms with van der Waals surface area (Å²) in [7, 11) is 4.92. The highest BCUT2D eigenvalue weighted by Gasteiger charge is 2.00. The van der Waals surface area contributed by atoms with E-state index in [-0.39, 0.29) is 5.91 Å². The Balaban J connectivity index is 0.000000220. The fourth-order valence-electron chi connectivity index (χ4n) is 1.88. The van der Waals surface area contributed by atoms with Crippen LogP contribution in [-0.2, 0) is 0 Å². The molecule has 0 unspecified atom stereocenters. The number of benzene rings is 2. The van der Waals surface area contributed by atoms with Gasteiger partial charge in [-0.05, 0) is 43.7 Å². The highest BCUT2D eigenvalue weighted by Crippen LogP contribution is 2.21. The van der Waals surface area contributed by atoms with E-state index in [9.17, 15) is 4.79 Å². The van der Waals surface area contributed by atoms with Gasteiger partial charge in [0, 0.05) is 18.7 Å².